The molecule has 0 aliphatic carbocycles. The van der Waals surface area contributed by atoms with Gasteiger partial charge in [-0.05, 0) is 37.4 Å². The highest BCUT2D eigenvalue weighted by Gasteiger charge is 2.19. The van der Waals surface area contributed by atoms with Crippen molar-refractivity contribution in [1.29, 1.82) is 0 Å². The Labute approximate surface area is 163 Å². The molecule has 0 saturated carbocycles. The quantitative estimate of drug-likeness (QED) is 0.446. The van der Waals surface area contributed by atoms with Gasteiger partial charge >= 0.3 is 5.97 Å². The van der Waals surface area contributed by atoms with Gasteiger partial charge in [-0.15, -0.1) is 11.3 Å². The second kappa shape index (κ2) is 7.42. The maximum absolute atomic E-state index is 12.4. The average molecular weight is 397 g/mol. The van der Waals surface area contributed by atoms with Gasteiger partial charge in [-0.25, -0.2) is 9.78 Å². The molecule has 4 aromatic rings. The minimum absolute atomic E-state index is 0.0562. The zero-order chi connectivity index (χ0) is 18.8. The highest BCUT2D eigenvalue weighted by atomic mass is 32.1. The molecule has 4 rings (SSSR count). The lowest BCUT2D eigenvalue weighted by atomic mass is 10.1. The monoisotopic (exact) mass is 397 g/mol. The predicted molar refractivity (Wildman–Crippen MR) is 104 cm³/mol. The minimum Gasteiger partial charge on any atom is -0.453 e. The summed E-state index contributed by atoms with van der Waals surface area (Å²) in [5.74, 6) is 0.280. The topological polar surface area (TPSA) is 78.1 Å². The third-order valence-electron chi connectivity index (χ3n) is 3.85. The van der Waals surface area contributed by atoms with E-state index in [0.717, 1.165) is 21.7 Å². The van der Waals surface area contributed by atoms with E-state index in [4.69, 9.17) is 9.26 Å². The molecule has 3 aromatic heterocycles. The molecule has 0 N–H and O–H groups in total. The summed E-state index contributed by atoms with van der Waals surface area (Å²) in [5, 5.41) is 8.66. The summed E-state index contributed by atoms with van der Waals surface area (Å²) < 4.78 is 10.6. The van der Waals surface area contributed by atoms with Crippen LogP contribution in [0.2, 0.25) is 0 Å². The number of benzene rings is 1. The Hall–Kier alpha value is -2.84. The highest BCUT2D eigenvalue weighted by molar-refractivity contribution is 7.17. The number of carbonyl (C=O) groups excluding carboxylic acids is 1. The molecule has 6 nitrogen and oxygen atoms in total. The fraction of sp³-hybridized carbons (Fsp3) is 0.158. The number of aryl methyl sites for hydroxylation is 2. The van der Waals surface area contributed by atoms with E-state index in [1.165, 1.54) is 11.3 Å². The Morgan fingerprint density at radius 2 is 1.93 bits per heavy atom. The highest BCUT2D eigenvalue weighted by Crippen LogP contribution is 2.30. The molecule has 0 spiro atoms. The third-order valence-corrected chi connectivity index (χ3v) is 5.72. The molecule has 8 heteroatoms. The number of esters is 1. The second-order valence-electron chi connectivity index (χ2n) is 5.90. The fourth-order valence-electron chi connectivity index (χ4n) is 2.42. The van der Waals surface area contributed by atoms with Crippen molar-refractivity contribution in [3.05, 3.63) is 63.1 Å². The summed E-state index contributed by atoms with van der Waals surface area (Å²) >= 11 is 2.91. The van der Waals surface area contributed by atoms with E-state index >= 15 is 0 Å². The molecule has 0 fully saturated rings. The minimum atomic E-state index is -0.437. The predicted octanol–water partition coefficient (Wildman–Crippen LogP) is 4.90. The van der Waals surface area contributed by atoms with Gasteiger partial charge in [-0.3, -0.25) is 0 Å². The van der Waals surface area contributed by atoms with Crippen LogP contribution in [-0.2, 0) is 11.3 Å². The van der Waals surface area contributed by atoms with E-state index in [0.29, 0.717) is 22.3 Å². The molecule has 0 radical (unpaired) electrons. The van der Waals surface area contributed by atoms with Gasteiger partial charge in [0.2, 0.25) is 5.82 Å². The maximum Gasteiger partial charge on any atom is 0.350 e. The molecule has 1 aromatic carbocycles. The van der Waals surface area contributed by atoms with E-state index in [9.17, 15) is 4.79 Å². The summed E-state index contributed by atoms with van der Waals surface area (Å²) in [4.78, 5) is 21.6. The normalized spacial score (nSPS) is 10.9. The van der Waals surface area contributed by atoms with Crippen LogP contribution < -0.4 is 0 Å². The van der Waals surface area contributed by atoms with Crippen LogP contribution >= 0.6 is 22.7 Å². The lowest BCUT2D eigenvalue weighted by molar-refractivity contribution is 0.0464. The van der Waals surface area contributed by atoms with E-state index in [2.05, 4.69) is 15.1 Å². The molecule has 3 heterocycles. The van der Waals surface area contributed by atoms with Crippen LogP contribution in [0.25, 0.3) is 22.0 Å². The van der Waals surface area contributed by atoms with Crippen molar-refractivity contribution >= 4 is 28.6 Å². The Kier molecular flexibility index (Phi) is 4.83. The Morgan fingerprint density at radius 1 is 1.11 bits per heavy atom. The van der Waals surface area contributed by atoms with E-state index in [1.807, 2.05) is 48.0 Å². The average Bonchev–Trinajstić information content (AvgIpc) is 3.41. The molecule has 0 saturated heterocycles. The van der Waals surface area contributed by atoms with Crippen molar-refractivity contribution in [1.82, 2.24) is 15.1 Å². The lowest BCUT2D eigenvalue weighted by Crippen LogP contribution is -2.05. The first-order valence-electron chi connectivity index (χ1n) is 8.17. The molecule has 0 aliphatic heterocycles. The zero-order valence-electron chi connectivity index (χ0n) is 14.6. The maximum atomic E-state index is 12.4. The van der Waals surface area contributed by atoms with Crippen molar-refractivity contribution in [2.45, 2.75) is 20.5 Å². The number of hydrogen-bond donors (Lipinski definition) is 0. The molecular formula is C19H15N3O3S2. The van der Waals surface area contributed by atoms with Gasteiger partial charge in [-0.2, -0.15) is 16.3 Å². The Balaban J connectivity index is 1.43. The van der Waals surface area contributed by atoms with Crippen LogP contribution in [0.5, 0.6) is 0 Å². The smallest absolute Gasteiger partial charge is 0.350 e. The molecule has 136 valence electrons. The van der Waals surface area contributed by atoms with Crippen LogP contribution in [0.4, 0.5) is 0 Å². The largest absolute Gasteiger partial charge is 0.453 e. The first-order valence-corrected chi connectivity index (χ1v) is 9.93. The van der Waals surface area contributed by atoms with Crippen LogP contribution in [0.3, 0.4) is 0 Å². The summed E-state index contributed by atoms with van der Waals surface area (Å²) in [6.45, 7) is 3.75. The van der Waals surface area contributed by atoms with Crippen molar-refractivity contribution in [2.24, 2.45) is 0 Å². The van der Waals surface area contributed by atoms with E-state index < -0.39 is 5.97 Å². The van der Waals surface area contributed by atoms with Gasteiger partial charge < -0.3 is 9.26 Å². The van der Waals surface area contributed by atoms with Crippen LogP contribution in [0.15, 0.2) is 45.6 Å². The number of hydrogen-bond acceptors (Lipinski definition) is 8. The summed E-state index contributed by atoms with van der Waals surface area (Å²) in [7, 11) is 0. The number of rotatable bonds is 5. The molecule has 0 atom stereocenters. The van der Waals surface area contributed by atoms with Crippen molar-refractivity contribution in [3.63, 3.8) is 0 Å². The SMILES string of the molecule is Cc1ccc(-c2nc(COC(=O)c3sc(-c4ccsc4)nc3C)no2)cc1. The molecule has 0 unspecified atom stereocenters. The van der Waals surface area contributed by atoms with E-state index in [1.54, 1.807) is 18.3 Å². The standard InChI is InChI=1S/C19H15N3O3S2/c1-11-3-5-13(6-4-11)17-21-15(22-25-17)9-24-19(23)16-12(2)20-18(27-16)14-7-8-26-10-14/h3-8,10H,9H2,1-2H3. The number of ether oxygens (including phenoxy) is 1. The van der Waals surface area contributed by atoms with Gasteiger partial charge in [0, 0.05) is 16.5 Å². The lowest BCUT2D eigenvalue weighted by Gasteiger charge is -1.99. The number of nitrogens with zero attached hydrogens (tertiary/aromatic N) is 3. The molecule has 0 bridgehead atoms. The van der Waals surface area contributed by atoms with E-state index in [-0.39, 0.29) is 6.61 Å². The Bertz CT molecular complexity index is 1070. The van der Waals surface area contributed by atoms with Crippen molar-refractivity contribution < 1.29 is 14.1 Å². The number of aromatic nitrogens is 3. The number of carbonyl (C=O) groups is 1. The Morgan fingerprint density at radius 3 is 2.67 bits per heavy atom. The molecule has 0 aliphatic rings. The van der Waals surface area contributed by atoms with Gasteiger partial charge in [0.15, 0.2) is 6.61 Å². The van der Waals surface area contributed by atoms with Gasteiger partial charge in [-0.1, -0.05) is 22.9 Å². The third kappa shape index (κ3) is 3.81. The first-order chi connectivity index (χ1) is 13.1. The summed E-state index contributed by atoms with van der Waals surface area (Å²) in [6.07, 6.45) is 0. The van der Waals surface area contributed by atoms with Gasteiger partial charge in [0.05, 0.1) is 5.69 Å². The number of thiazole rings is 1. The van der Waals surface area contributed by atoms with Gasteiger partial charge in [0.1, 0.15) is 9.88 Å². The second-order valence-corrected chi connectivity index (χ2v) is 7.68. The molecule has 27 heavy (non-hydrogen) atoms. The summed E-state index contributed by atoms with van der Waals surface area (Å²) in [5.41, 5.74) is 3.63. The van der Waals surface area contributed by atoms with Crippen LogP contribution in [0.1, 0.15) is 26.8 Å². The van der Waals surface area contributed by atoms with Crippen LogP contribution in [-0.4, -0.2) is 21.1 Å². The van der Waals surface area contributed by atoms with Crippen molar-refractivity contribution in [3.8, 4) is 22.0 Å². The van der Waals surface area contributed by atoms with Crippen LogP contribution in [0, 0.1) is 13.8 Å². The molecular weight excluding hydrogens is 382 g/mol. The fourth-order valence-corrected chi connectivity index (χ4v) is 4.09. The molecule has 0 amide bonds. The van der Waals surface area contributed by atoms with Crippen molar-refractivity contribution in [2.75, 3.05) is 0 Å². The van der Waals surface area contributed by atoms with Gasteiger partial charge in [0.25, 0.3) is 5.89 Å². The first kappa shape index (κ1) is 17.6. The number of thiophene rings is 1. The summed E-state index contributed by atoms with van der Waals surface area (Å²) in [6, 6.07) is 9.73. The zero-order valence-corrected chi connectivity index (χ0v) is 16.3.